The van der Waals surface area contributed by atoms with Gasteiger partial charge in [-0.2, -0.15) is 5.10 Å². The van der Waals surface area contributed by atoms with Crippen molar-refractivity contribution in [3.8, 4) is 5.75 Å². The minimum Gasteiger partial charge on any atom is -0.406 e. The molecule has 13 heteroatoms. The first kappa shape index (κ1) is 21.6. The van der Waals surface area contributed by atoms with Crippen molar-refractivity contribution >= 4 is 29.0 Å². The Balaban J connectivity index is 1.54. The lowest BCUT2D eigenvalue weighted by Crippen LogP contribution is -2.32. The van der Waals surface area contributed by atoms with Crippen LogP contribution in [-0.4, -0.2) is 49.9 Å². The molecule has 2 aromatic carbocycles. The second-order valence-electron chi connectivity index (χ2n) is 6.76. The number of benzene rings is 2. The van der Waals surface area contributed by atoms with Crippen LogP contribution in [0.15, 0.2) is 53.6 Å². The Morgan fingerprint density at radius 2 is 1.84 bits per heavy atom. The Kier molecular flexibility index (Phi) is 5.70. The minimum absolute atomic E-state index is 0.144. The maximum atomic E-state index is 12.8. The molecule has 0 saturated heterocycles. The number of hydrogen-bond donors (Lipinski definition) is 1. The molecular formula is C19H15ClF3N7O2. The average molecular weight is 466 g/mol. The van der Waals surface area contributed by atoms with Gasteiger partial charge in [-0.25, -0.2) is 14.5 Å². The van der Waals surface area contributed by atoms with E-state index < -0.39 is 24.2 Å². The van der Waals surface area contributed by atoms with Crippen molar-refractivity contribution in [2.75, 3.05) is 11.9 Å². The molecule has 0 spiro atoms. The predicted molar refractivity (Wildman–Crippen MR) is 108 cm³/mol. The first-order valence-electron chi connectivity index (χ1n) is 9.23. The number of hydrogen-bond acceptors (Lipinski definition) is 6. The lowest BCUT2D eigenvalue weighted by molar-refractivity contribution is -0.274. The number of tetrazole rings is 1. The zero-order valence-electron chi connectivity index (χ0n) is 16.4. The van der Waals surface area contributed by atoms with Crippen LogP contribution in [0.3, 0.4) is 0 Å². The highest BCUT2D eigenvalue weighted by Crippen LogP contribution is 2.27. The fourth-order valence-electron chi connectivity index (χ4n) is 3.13. The number of halogens is 4. The number of anilines is 1. The molecule has 0 fully saturated rings. The summed E-state index contributed by atoms with van der Waals surface area (Å²) in [6.07, 6.45) is -4.80. The molecule has 32 heavy (non-hydrogen) atoms. The van der Waals surface area contributed by atoms with Crippen LogP contribution in [0.4, 0.5) is 23.7 Å². The molecule has 0 bridgehead atoms. The normalized spacial score (nSPS) is 16.1. The van der Waals surface area contributed by atoms with E-state index >= 15 is 0 Å². The minimum atomic E-state index is -4.80. The van der Waals surface area contributed by atoms with Crippen molar-refractivity contribution in [2.45, 2.75) is 19.3 Å². The van der Waals surface area contributed by atoms with Gasteiger partial charge in [-0.05, 0) is 53.7 Å². The summed E-state index contributed by atoms with van der Waals surface area (Å²) in [6.45, 7) is 1.87. The number of urea groups is 1. The van der Waals surface area contributed by atoms with Gasteiger partial charge in [0.05, 0.1) is 12.3 Å². The Hall–Kier alpha value is -3.67. The molecule has 0 saturated carbocycles. The second-order valence-corrected chi connectivity index (χ2v) is 7.20. The van der Waals surface area contributed by atoms with Crippen LogP contribution in [0.2, 0.25) is 5.02 Å². The summed E-state index contributed by atoms with van der Waals surface area (Å²) in [5, 5.41) is 20.3. The number of carbonyl (C=O) groups excluding carboxylic acids is 1. The lowest BCUT2D eigenvalue weighted by Gasteiger charge is -2.16. The van der Waals surface area contributed by atoms with E-state index in [1.807, 2.05) is 0 Å². The predicted octanol–water partition coefficient (Wildman–Crippen LogP) is 4.03. The van der Waals surface area contributed by atoms with Crippen molar-refractivity contribution in [3.05, 3.63) is 64.9 Å². The Morgan fingerprint density at radius 3 is 2.44 bits per heavy atom. The maximum absolute atomic E-state index is 12.8. The number of aryl methyl sites for hydroxylation is 1. The molecule has 9 nitrogen and oxygen atoms in total. The summed E-state index contributed by atoms with van der Waals surface area (Å²) < 4.78 is 42.3. The van der Waals surface area contributed by atoms with Gasteiger partial charge in [0.15, 0.2) is 0 Å². The maximum Gasteiger partial charge on any atom is 0.573 e. The van der Waals surface area contributed by atoms with Crippen molar-refractivity contribution in [1.29, 1.82) is 0 Å². The number of rotatable bonds is 4. The van der Waals surface area contributed by atoms with Gasteiger partial charge in [-0.3, -0.25) is 0 Å². The van der Waals surface area contributed by atoms with Crippen LogP contribution >= 0.6 is 11.6 Å². The van der Waals surface area contributed by atoms with Gasteiger partial charge >= 0.3 is 12.4 Å². The van der Waals surface area contributed by atoms with E-state index in [2.05, 4.69) is 30.7 Å². The van der Waals surface area contributed by atoms with E-state index in [-0.39, 0.29) is 12.2 Å². The van der Waals surface area contributed by atoms with Crippen molar-refractivity contribution < 1.29 is 22.7 Å². The van der Waals surface area contributed by atoms with E-state index in [4.69, 9.17) is 11.6 Å². The Morgan fingerprint density at radius 1 is 1.16 bits per heavy atom. The number of amides is 2. The standard InChI is InChI=1S/C19H15ClF3N7O2/c1-11-25-27-28-30(11)16-10-29(26-17(16)12-2-4-13(20)5-3-12)18(31)24-14-6-8-15(9-7-14)32-19(21,22)23/h2-9,16H,10H2,1H3,(H,24,31). The number of aromatic nitrogens is 4. The molecule has 1 aromatic heterocycles. The summed E-state index contributed by atoms with van der Waals surface area (Å²) >= 11 is 5.97. The number of nitrogens with zero attached hydrogens (tertiary/aromatic N) is 6. The van der Waals surface area contributed by atoms with E-state index in [9.17, 15) is 18.0 Å². The van der Waals surface area contributed by atoms with Crippen molar-refractivity contribution in [3.63, 3.8) is 0 Å². The summed E-state index contributed by atoms with van der Waals surface area (Å²) in [5.41, 5.74) is 1.56. The SMILES string of the molecule is Cc1nnnn1C1CN(C(=O)Nc2ccc(OC(F)(F)F)cc2)N=C1c1ccc(Cl)cc1. The van der Waals surface area contributed by atoms with Crippen molar-refractivity contribution in [2.24, 2.45) is 5.10 Å². The molecule has 3 aromatic rings. The summed E-state index contributed by atoms with van der Waals surface area (Å²) in [7, 11) is 0. The molecule has 1 aliphatic heterocycles. The summed E-state index contributed by atoms with van der Waals surface area (Å²) in [4.78, 5) is 12.8. The largest absolute Gasteiger partial charge is 0.573 e. The van der Waals surface area contributed by atoms with Crippen LogP contribution in [0.25, 0.3) is 0 Å². The fourth-order valence-corrected chi connectivity index (χ4v) is 3.26. The van der Waals surface area contributed by atoms with Crippen LogP contribution in [0.1, 0.15) is 17.4 Å². The quantitative estimate of drug-likeness (QED) is 0.627. The highest BCUT2D eigenvalue weighted by molar-refractivity contribution is 6.30. The number of ether oxygens (including phenoxy) is 1. The van der Waals surface area contributed by atoms with Crippen LogP contribution in [0, 0.1) is 6.92 Å². The van der Waals surface area contributed by atoms with E-state index in [1.54, 1.807) is 35.9 Å². The van der Waals surface area contributed by atoms with Gasteiger partial charge in [0.1, 0.15) is 17.6 Å². The van der Waals surface area contributed by atoms with E-state index in [1.165, 1.54) is 17.1 Å². The smallest absolute Gasteiger partial charge is 0.406 e. The number of nitrogens with one attached hydrogen (secondary N) is 1. The molecule has 4 rings (SSSR count). The highest BCUT2D eigenvalue weighted by Gasteiger charge is 2.34. The van der Waals surface area contributed by atoms with Crippen LogP contribution in [-0.2, 0) is 0 Å². The molecule has 0 radical (unpaired) electrons. The summed E-state index contributed by atoms with van der Waals surface area (Å²) in [5.74, 6) is 0.146. The van der Waals surface area contributed by atoms with Crippen LogP contribution < -0.4 is 10.1 Å². The van der Waals surface area contributed by atoms with Gasteiger partial charge < -0.3 is 10.1 Å². The molecule has 0 aliphatic carbocycles. The highest BCUT2D eigenvalue weighted by atomic mass is 35.5. The molecule has 2 amide bonds. The van der Waals surface area contributed by atoms with Gasteiger partial charge in [0, 0.05) is 16.3 Å². The first-order valence-corrected chi connectivity index (χ1v) is 9.60. The number of hydrazone groups is 1. The molecule has 1 aliphatic rings. The zero-order chi connectivity index (χ0) is 22.9. The molecule has 1 unspecified atom stereocenters. The summed E-state index contributed by atoms with van der Waals surface area (Å²) in [6, 6.07) is 10.7. The van der Waals surface area contributed by atoms with E-state index in [0.29, 0.717) is 16.6 Å². The Labute approximate surface area is 184 Å². The number of alkyl halides is 3. The molecular weight excluding hydrogens is 451 g/mol. The van der Waals surface area contributed by atoms with Crippen molar-refractivity contribution in [1.82, 2.24) is 25.2 Å². The number of carbonyl (C=O) groups is 1. The lowest BCUT2D eigenvalue weighted by atomic mass is 10.0. The second kappa shape index (κ2) is 8.46. The van der Waals surface area contributed by atoms with Gasteiger partial charge in [-0.1, -0.05) is 23.7 Å². The molecule has 1 N–H and O–H groups in total. The third-order valence-electron chi connectivity index (χ3n) is 4.56. The molecule has 2 heterocycles. The zero-order valence-corrected chi connectivity index (χ0v) is 17.2. The third kappa shape index (κ3) is 4.80. The monoisotopic (exact) mass is 465 g/mol. The average Bonchev–Trinajstić information content (AvgIpc) is 3.35. The fraction of sp³-hybridized carbons (Fsp3) is 0.211. The van der Waals surface area contributed by atoms with Gasteiger partial charge in [-0.15, -0.1) is 18.3 Å². The molecule has 166 valence electrons. The van der Waals surface area contributed by atoms with Crippen LogP contribution in [0.5, 0.6) is 5.75 Å². The third-order valence-corrected chi connectivity index (χ3v) is 4.81. The van der Waals surface area contributed by atoms with Gasteiger partial charge in [0.2, 0.25) is 0 Å². The van der Waals surface area contributed by atoms with Gasteiger partial charge in [0.25, 0.3) is 0 Å². The topological polar surface area (TPSA) is 97.5 Å². The first-order chi connectivity index (χ1) is 15.2. The Bertz CT molecular complexity index is 1150. The van der Waals surface area contributed by atoms with E-state index in [0.717, 1.165) is 17.7 Å². The molecule has 1 atom stereocenters.